The SMILES string of the molecule is CC(C)c1cc2c(cc1OC[C@H](O)CC(C)(C)C)OCO2. The van der Waals surface area contributed by atoms with Crippen LogP contribution in [0.25, 0.3) is 0 Å². The lowest BCUT2D eigenvalue weighted by atomic mass is 9.89. The van der Waals surface area contributed by atoms with Crippen LogP contribution in [0.4, 0.5) is 0 Å². The van der Waals surface area contributed by atoms with E-state index in [-0.39, 0.29) is 18.8 Å². The molecule has 4 nitrogen and oxygen atoms in total. The highest BCUT2D eigenvalue weighted by molar-refractivity contribution is 5.52. The van der Waals surface area contributed by atoms with Crippen molar-refractivity contribution in [2.45, 2.75) is 53.1 Å². The molecular formula is C17H26O4. The third kappa shape index (κ3) is 4.27. The molecule has 1 heterocycles. The number of benzene rings is 1. The van der Waals surface area contributed by atoms with Crippen LogP contribution in [0.5, 0.6) is 17.2 Å². The Morgan fingerprint density at radius 3 is 2.38 bits per heavy atom. The molecule has 0 saturated heterocycles. The Morgan fingerprint density at radius 2 is 1.81 bits per heavy atom. The molecule has 1 aliphatic heterocycles. The summed E-state index contributed by atoms with van der Waals surface area (Å²) in [5.74, 6) is 2.55. The lowest BCUT2D eigenvalue weighted by Crippen LogP contribution is -2.24. The third-order valence-corrected chi connectivity index (χ3v) is 3.41. The maximum absolute atomic E-state index is 10.1. The lowest BCUT2D eigenvalue weighted by Gasteiger charge is -2.23. The first-order valence-corrected chi connectivity index (χ1v) is 7.50. The molecule has 0 unspecified atom stereocenters. The molecular weight excluding hydrogens is 268 g/mol. The molecule has 118 valence electrons. The highest BCUT2D eigenvalue weighted by Gasteiger charge is 2.21. The largest absolute Gasteiger partial charge is 0.490 e. The molecule has 21 heavy (non-hydrogen) atoms. The second-order valence-electron chi connectivity index (χ2n) is 7.13. The van der Waals surface area contributed by atoms with Crippen LogP contribution in [-0.2, 0) is 0 Å². The van der Waals surface area contributed by atoms with Gasteiger partial charge in [-0.05, 0) is 23.8 Å². The van der Waals surface area contributed by atoms with E-state index < -0.39 is 6.10 Å². The summed E-state index contributed by atoms with van der Waals surface area (Å²) < 4.78 is 16.7. The minimum atomic E-state index is -0.476. The number of rotatable bonds is 5. The summed E-state index contributed by atoms with van der Waals surface area (Å²) in [5, 5.41) is 10.1. The molecule has 0 aliphatic carbocycles. The quantitative estimate of drug-likeness (QED) is 0.899. The molecule has 0 spiro atoms. The Hall–Kier alpha value is -1.42. The van der Waals surface area contributed by atoms with Gasteiger partial charge < -0.3 is 19.3 Å². The fourth-order valence-electron chi connectivity index (χ4n) is 2.47. The van der Waals surface area contributed by atoms with Crippen LogP contribution < -0.4 is 14.2 Å². The van der Waals surface area contributed by atoms with Crippen molar-refractivity contribution in [2.75, 3.05) is 13.4 Å². The Labute approximate surface area is 127 Å². The zero-order valence-electron chi connectivity index (χ0n) is 13.6. The number of hydrogen-bond donors (Lipinski definition) is 1. The van der Waals surface area contributed by atoms with E-state index in [2.05, 4.69) is 34.6 Å². The van der Waals surface area contributed by atoms with E-state index >= 15 is 0 Å². The van der Waals surface area contributed by atoms with Gasteiger partial charge in [-0.1, -0.05) is 34.6 Å². The van der Waals surface area contributed by atoms with E-state index in [1.165, 1.54) is 0 Å². The first-order chi connectivity index (χ1) is 9.76. The van der Waals surface area contributed by atoms with Gasteiger partial charge in [0.2, 0.25) is 6.79 Å². The van der Waals surface area contributed by atoms with Gasteiger partial charge in [-0.3, -0.25) is 0 Å². The predicted octanol–water partition coefficient (Wildman–Crippen LogP) is 3.71. The fraction of sp³-hybridized carbons (Fsp3) is 0.647. The number of hydrogen-bond acceptors (Lipinski definition) is 4. The van der Waals surface area contributed by atoms with Crippen molar-refractivity contribution < 1.29 is 19.3 Å². The molecule has 4 heteroatoms. The Bertz CT molecular complexity index is 488. The second-order valence-corrected chi connectivity index (χ2v) is 7.13. The zero-order chi connectivity index (χ0) is 15.6. The molecule has 0 saturated carbocycles. The van der Waals surface area contributed by atoms with E-state index in [0.29, 0.717) is 18.1 Å². The van der Waals surface area contributed by atoms with Gasteiger partial charge >= 0.3 is 0 Å². The molecule has 2 rings (SSSR count). The minimum absolute atomic E-state index is 0.0819. The lowest BCUT2D eigenvalue weighted by molar-refractivity contribution is 0.0704. The summed E-state index contributed by atoms with van der Waals surface area (Å²) in [6.07, 6.45) is 0.226. The van der Waals surface area contributed by atoms with E-state index in [1.54, 1.807) is 0 Å². The molecule has 1 aromatic rings. The number of aliphatic hydroxyl groups is 1. The molecule has 1 aromatic carbocycles. The smallest absolute Gasteiger partial charge is 0.231 e. The van der Waals surface area contributed by atoms with Crippen LogP contribution in [0.1, 0.15) is 52.5 Å². The van der Waals surface area contributed by atoms with Gasteiger partial charge in [-0.15, -0.1) is 0 Å². The van der Waals surface area contributed by atoms with Gasteiger partial charge in [-0.25, -0.2) is 0 Å². The molecule has 0 radical (unpaired) electrons. The Morgan fingerprint density at radius 1 is 1.19 bits per heavy atom. The van der Waals surface area contributed by atoms with Crippen molar-refractivity contribution in [1.82, 2.24) is 0 Å². The summed E-state index contributed by atoms with van der Waals surface area (Å²) in [7, 11) is 0. The van der Waals surface area contributed by atoms with Crippen molar-refractivity contribution in [1.29, 1.82) is 0 Å². The molecule has 1 aliphatic rings. The summed E-state index contributed by atoms with van der Waals surface area (Å²) in [6.45, 7) is 11.1. The van der Waals surface area contributed by atoms with Crippen LogP contribution in [0, 0.1) is 5.41 Å². The summed E-state index contributed by atoms with van der Waals surface area (Å²) >= 11 is 0. The van der Waals surface area contributed by atoms with Crippen molar-refractivity contribution in [2.24, 2.45) is 5.41 Å². The summed E-state index contributed by atoms with van der Waals surface area (Å²) in [5.41, 5.74) is 1.15. The first-order valence-electron chi connectivity index (χ1n) is 7.50. The van der Waals surface area contributed by atoms with Crippen molar-refractivity contribution in [3.8, 4) is 17.2 Å². The molecule has 0 amide bonds. The van der Waals surface area contributed by atoms with Crippen molar-refractivity contribution in [3.05, 3.63) is 17.7 Å². The van der Waals surface area contributed by atoms with Gasteiger partial charge in [0.25, 0.3) is 0 Å². The Balaban J connectivity index is 2.09. The molecule has 0 fully saturated rings. The standard InChI is InChI=1S/C17H26O4/c1-11(2)13-6-15-16(21-10-20-15)7-14(13)19-9-12(18)8-17(3,4)5/h6-7,11-12,18H,8-10H2,1-5H3/t12-/m1/s1. The summed E-state index contributed by atoms with van der Waals surface area (Å²) in [4.78, 5) is 0. The van der Waals surface area contributed by atoms with Gasteiger partial charge in [-0.2, -0.15) is 0 Å². The minimum Gasteiger partial charge on any atom is -0.490 e. The van der Waals surface area contributed by atoms with Gasteiger partial charge in [0.05, 0.1) is 6.10 Å². The van der Waals surface area contributed by atoms with Crippen LogP contribution in [0.3, 0.4) is 0 Å². The van der Waals surface area contributed by atoms with Gasteiger partial charge in [0.15, 0.2) is 11.5 Å². The average Bonchev–Trinajstić information content (AvgIpc) is 2.79. The third-order valence-electron chi connectivity index (χ3n) is 3.41. The highest BCUT2D eigenvalue weighted by atomic mass is 16.7. The monoisotopic (exact) mass is 294 g/mol. The fourth-order valence-corrected chi connectivity index (χ4v) is 2.47. The topological polar surface area (TPSA) is 47.9 Å². The maximum atomic E-state index is 10.1. The average molecular weight is 294 g/mol. The summed E-state index contributed by atoms with van der Waals surface area (Å²) in [6, 6.07) is 3.83. The number of aliphatic hydroxyl groups excluding tert-OH is 1. The molecule has 0 aromatic heterocycles. The van der Waals surface area contributed by atoms with Gasteiger partial charge in [0.1, 0.15) is 12.4 Å². The maximum Gasteiger partial charge on any atom is 0.231 e. The van der Waals surface area contributed by atoms with Gasteiger partial charge in [0, 0.05) is 11.6 Å². The van der Waals surface area contributed by atoms with Crippen molar-refractivity contribution in [3.63, 3.8) is 0 Å². The van der Waals surface area contributed by atoms with Crippen molar-refractivity contribution >= 4 is 0 Å². The van der Waals surface area contributed by atoms with E-state index in [4.69, 9.17) is 14.2 Å². The predicted molar refractivity (Wildman–Crippen MR) is 82.2 cm³/mol. The Kier molecular flexibility index (Phi) is 4.67. The van der Waals surface area contributed by atoms with Crippen LogP contribution in [0.15, 0.2) is 12.1 Å². The van der Waals surface area contributed by atoms with E-state index in [0.717, 1.165) is 17.1 Å². The zero-order valence-corrected chi connectivity index (χ0v) is 13.6. The van der Waals surface area contributed by atoms with Crippen LogP contribution in [0.2, 0.25) is 0 Å². The second kappa shape index (κ2) is 6.14. The molecule has 1 N–H and O–H groups in total. The number of ether oxygens (including phenoxy) is 3. The normalized spacial score (nSPS) is 15.4. The highest BCUT2D eigenvalue weighted by Crippen LogP contribution is 2.40. The molecule has 1 atom stereocenters. The van der Waals surface area contributed by atoms with Crippen LogP contribution in [-0.4, -0.2) is 24.6 Å². The first kappa shape index (κ1) is 16.0. The number of fused-ring (bicyclic) bond motifs is 1. The van der Waals surface area contributed by atoms with Crippen LogP contribution >= 0.6 is 0 Å². The van der Waals surface area contributed by atoms with E-state index in [1.807, 2.05) is 12.1 Å². The van der Waals surface area contributed by atoms with E-state index in [9.17, 15) is 5.11 Å². The molecule has 0 bridgehead atoms.